The van der Waals surface area contributed by atoms with E-state index in [0.29, 0.717) is 37.3 Å². The number of piperidine rings is 1. The second kappa shape index (κ2) is 8.11. The van der Waals surface area contributed by atoms with E-state index in [1.54, 1.807) is 18.7 Å². The Morgan fingerprint density at radius 1 is 1.10 bits per heavy atom. The molecular formula is C20H22FN5O3S. The summed E-state index contributed by atoms with van der Waals surface area (Å²) in [6.07, 6.45) is 1.15. The first kappa shape index (κ1) is 20.4. The molecule has 2 heterocycles. The Balaban J connectivity index is 1.52. The lowest BCUT2D eigenvalue weighted by atomic mass is 9.97. The lowest BCUT2D eigenvalue weighted by Gasteiger charge is -2.31. The van der Waals surface area contributed by atoms with Gasteiger partial charge in [0.1, 0.15) is 11.6 Å². The maximum Gasteiger partial charge on any atom is 0.243 e. The van der Waals surface area contributed by atoms with E-state index in [1.807, 2.05) is 24.3 Å². The molecule has 4 rings (SSSR count). The summed E-state index contributed by atoms with van der Waals surface area (Å²) < 4.78 is 47.9. The molecule has 0 radical (unpaired) electrons. The molecule has 0 saturated carbocycles. The molecule has 0 spiro atoms. The van der Waals surface area contributed by atoms with E-state index in [1.165, 1.54) is 16.4 Å². The van der Waals surface area contributed by atoms with Gasteiger partial charge in [-0.2, -0.15) is 8.99 Å². The van der Waals surface area contributed by atoms with Gasteiger partial charge in [-0.25, -0.2) is 12.8 Å². The van der Waals surface area contributed by atoms with Gasteiger partial charge in [0.25, 0.3) is 0 Å². The van der Waals surface area contributed by atoms with Gasteiger partial charge in [-0.1, -0.05) is 6.07 Å². The highest BCUT2D eigenvalue weighted by atomic mass is 32.2. The number of tetrazole rings is 1. The Kier molecular flexibility index (Phi) is 5.52. The summed E-state index contributed by atoms with van der Waals surface area (Å²) in [5.74, 6) is 0.883. The quantitative estimate of drug-likeness (QED) is 0.617. The molecule has 158 valence electrons. The maximum atomic E-state index is 13.6. The predicted octanol–water partition coefficient (Wildman–Crippen LogP) is 2.69. The smallest absolute Gasteiger partial charge is 0.243 e. The molecule has 2 aromatic carbocycles. The van der Waals surface area contributed by atoms with Crippen LogP contribution >= 0.6 is 0 Å². The monoisotopic (exact) mass is 431 g/mol. The third-order valence-electron chi connectivity index (χ3n) is 5.40. The Labute approximate surface area is 174 Å². The molecule has 1 saturated heterocycles. The van der Waals surface area contributed by atoms with E-state index < -0.39 is 15.8 Å². The average molecular weight is 431 g/mol. The number of rotatable bonds is 5. The summed E-state index contributed by atoms with van der Waals surface area (Å²) in [6.45, 7) is 2.30. The summed E-state index contributed by atoms with van der Waals surface area (Å²) in [5, 5.41) is 12.1. The van der Waals surface area contributed by atoms with Crippen molar-refractivity contribution < 1.29 is 17.5 Å². The largest absolute Gasteiger partial charge is 0.497 e. The zero-order valence-corrected chi connectivity index (χ0v) is 17.5. The first-order valence-corrected chi connectivity index (χ1v) is 11.0. The van der Waals surface area contributed by atoms with Gasteiger partial charge >= 0.3 is 0 Å². The van der Waals surface area contributed by atoms with Crippen LogP contribution in [0.15, 0.2) is 47.4 Å². The number of nitrogens with zero attached hydrogens (tertiary/aromatic N) is 5. The van der Waals surface area contributed by atoms with Gasteiger partial charge in [0.15, 0.2) is 5.82 Å². The topological polar surface area (TPSA) is 90.2 Å². The average Bonchev–Trinajstić information content (AvgIpc) is 3.25. The second-order valence-corrected chi connectivity index (χ2v) is 9.14. The SMILES string of the molecule is COc1ccc(-n2nnnc2C2CCN(S(=O)(=O)c3cc(F)ccc3C)CC2)cc1. The van der Waals surface area contributed by atoms with Crippen molar-refractivity contribution in [1.82, 2.24) is 24.5 Å². The number of benzene rings is 2. The minimum absolute atomic E-state index is 0.0159. The summed E-state index contributed by atoms with van der Waals surface area (Å²) in [6, 6.07) is 11.2. The van der Waals surface area contributed by atoms with Crippen LogP contribution in [0.3, 0.4) is 0 Å². The summed E-state index contributed by atoms with van der Waals surface area (Å²) in [5.41, 5.74) is 1.34. The van der Waals surface area contributed by atoms with Crippen molar-refractivity contribution >= 4 is 10.0 Å². The Hall–Kier alpha value is -2.85. The third kappa shape index (κ3) is 3.80. The molecular weight excluding hydrogens is 409 g/mol. The van der Waals surface area contributed by atoms with E-state index in [2.05, 4.69) is 15.5 Å². The van der Waals surface area contributed by atoms with Crippen LogP contribution in [0.5, 0.6) is 5.75 Å². The minimum Gasteiger partial charge on any atom is -0.497 e. The number of halogens is 1. The van der Waals surface area contributed by atoms with Crippen molar-refractivity contribution in [3.63, 3.8) is 0 Å². The number of aromatic nitrogens is 4. The van der Waals surface area contributed by atoms with Crippen LogP contribution < -0.4 is 4.74 Å². The van der Waals surface area contributed by atoms with E-state index in [4.69, 9.17) is 4.74 Å². The van der Waals surface area contributed by atoms with Gasteiger partial charge in [-0.3, -0.25) is 0 Å². The Bertz CT molecular complexity index is 1140. The number of sulfonamides is 1. The Morgan fingerprint density at radius 3 is 2.47 bits per heavy atom. The third-order valence-corrected chi connectivity index (χ3v) is 7.44. The van der Waals surface area contributed by atoms with Gasteiger partial charge < -0.3 is 4.74 Å². The number of hydrogen-bond acceptors (Lipinski definition) is 6. The molecule has 1 aromatic heterocycles. The van der Waals surface area contributed by atoms with E-state index >= 15 is 0 Å². The Morgan fingerprint density at radius 2 is 1.80 bits per heavy atom. The fourth-order valence-electron chi connectivity index (χ4n) is 3.70. The van der Waals surface area contributed by atoms with Crippen LogP contribution in [-0.2, 0) is 10.0 Å². The lowest BCUT2D eigenvalue weighted by molar-refractivity contribution is 0.311. The number of hydrogen-bond donors (Lipinski definition) is 0. The van der Waals surface area contributed by atoms with E-state index in [9.17, 15) is 12.8 Å². The van der Waals surface area contributed by atoms with Crippen molar-refractivity contribution in [3.8, 4) is 11.4 Å². The molecule has 10 heteroatoms. The molecule has 0 atom stereocenters. The fraction of sp³-hybridized carbons (Fsp3) is 0.350. The molecule has 30 heavy (non-hydrogen) atoms. The van der Waals surface area contributed by atoms with Crippen molar-refractivity contribution in [1.29, 1.82) is 0 Å². The van der Waals surface area contributed by atoms with Crippen LogP contribution in [0, 0.1) is 12.7 Å². The van der Waals surface area contributed by atoms with Crippen LogP contribution in [0.1, 0.15) is 30.1 Å². The van der Waals surface area contributed by atoms with Gasteiger partial charge in [-0.15, -0.1) is 5.10 Å². The fourth-order valence-corrected chi connectivity index (χ4v) is 5.41. The zero-order chi connectivity index (χ0) is 21.3. The number of aryl methyl sites for hydroxylation is 1. The molecule has 1 aliphatic heterocycles. The van der Waals surface area contributed by atoms with Gasteiger partial charge in [0.2, 0.25) is 10.0 Å². The second-order valence-electron chi connectivity index (χ2n) is 7.24. The molecule has 0 amide bonds. The van der Waals surface area contributed by atoms with Crippen LogP contribution in [0.25, 0.3) is 5.69 Å². The standard InChI is InChI=1S/C20H22FN5O3S/c1-14-3-4-16(21)13-19(14)30(27,28)25-11-9-15(10-12-25)20-22-23-24-26(20)17-5-7-18(29-2)8-6-17/h3-8,13,15H,9-12H2,1-2H3. The van der Waals surface area contributed by atoms with Crippen molar-refractivity contribution in [2.24, 2.45) is 0 Å². The normalized spacial score (nSPS) is 16.0. The van der Waals surface area contributed by atoms with E-state index in [-0.39, 0.29) is 10.8 Å². The highest BCUT2D eigenvalue weighted by Gasteiger charge is 2.33. The molecule has 1 aliphatic rings. The van der Waals surface area contributed by atoms with Crippen molar-refractivity contribution in [3.05, 3.63) is 59.7 Å². The summed E-state index contributed by atoms with van der Waals surface area (Å²) >= 11 is 0. The molecule has 0 bridgehead atoms. The van der Waals surface area contributed by atoms with E-state index in [0.717, 1.165) is 17.5 Å². The van der Waals surface area contributed by atoms with Gasteiger partial charge in [-0.05, 0) is 72.2 Å². The minimum atomic E-state index is -3.76. The zero-order valence-electron chi connectivity index (χ0n) is 16.7. The lowest BCUT2D eigenvalue weighted by Crippen LogP contribution is -2.38. The number of ether oxygens (including phenoxy) is 1. The maximum absolute atomic E-state index is 13.6. The summed E-state index contributed by atoms with van der Waals surface area (Å²) in [4.78, 5) is 0.0176. The van der Waals surface area contributed by atoms with Crippen LogP contribution in [0.2, 0.25) is 0 Å². The first-order chi connectivity index (χ1) is 14.4. The van der Waals surface area contributed by atoms with Gasteiger partial charge in [0.05, 0.1) is 17.7 Å². The van der Waals surface area contributed by atoms with Crippen molar-refractivity contribution in [2.45, 2.75) is 30.6 Å². The molecule has 3 aromatic rings. The molecule has 0 aliphatic carbocycles. The predicted molar refractivity (Wildman–Crippen MR) is 108 cm³/mol. The molecule has 1 fully saturated rings. The first-order valence-electron chi connectivity index (χ1n) is 9.59. The summed E-state index contributed by atoms with van der Waals surface area (Å²) in [7, 11) is -2.15. The highest BCUT2D eigenvalue weighted by Crippen LogP contribution is 2.31. The van der Waals surface area contributed by atoms with Crippen molar-refractivity contribution in [2.75, 3.05) is 20.2 Å². The van der Waals surface area contributed by atoms with Crippen LogP contribution in [-0.4, -0.2) is 53.1 Å². The molecule has 8 nitrogen and oxygen atoms in total. The highest BCUT2D eigenvalue weighted by molar-refractivity contribution is 7.89. The van der Waals surface area contributed by atoms with Crippen LogP contribution in [0.4, 0.5) is 4.39 Å². The van der Waals surface area contributed by atoms with Gasteiger partial charge in [0, 0.05) is 19.0 Å². The number of methoxy groups -OCH3 is 1. The molecule has 0 unspecified atom stereocenters. The molecule has 0 N–H and O–H groups in total.